The van der Waals surface area contributed by atoms with Crippen LogP contribution < -0.4 is 10.6 Å². The quantitative estimate of drug-likeness (QED) is 0.890. The minimum atomic E-state index is -0.404. The molecule has 120 valence electrons. The molecule has 4 nitrogen and oxygen atoms in total. The fourth-order valence-electron chi connectivity index (χ4n) is 2.15. The molecule has 23 heavy (non-hydrogen) atoms. The van der Waals surface area contributed by atoms with Gasteiger partial charge in [0.15, 0.2) is 0 Å². The summed E-state index contributed by atoms with van der Waals surface area (Å²) in [7, 11) is 0. The molecule has 0 bridgehead atoms. The van der Waals surface area contributed by atoms with E-state index in [4.69, 9.17) is 0 Å². The van der Waals surface area contributed by atoms with Gasteiger partial charge in [0, 0.05) is 24.2 Å². The average Bonchev–Trinajstić information content (AvgIpc) is 2.51. The monoisotopic (exact) mass is 314 g/mol. The molecule has 0 heterocycles. The molecule has 0 spiro atoms. The van der Waals surface area contributed by atoms with E-state index in [0.29, 0.717) is 11.3 Å². The largest absolute Gasteiger partial charge is 0.352 e. The average molecular weight is 314 g/mol. The molecule has 2 aromatic rings. The summed E-state index contributed by atoms with van der Waals surface area (Å²) in [6.45, 7) is 3.86. The van der Waals surface area contributed by atoms with Gasteiger partial charge >= 0.3 is 0 Å². The molecule has 5 heteroatoms. The summed E-state index contributed by atoms with van der Waals surface area (Å²) >= 11 is 0. The highest BCUT2D eigenvalue weighted by Crippen LogP contribution is 2.16. The highest BCUT2D eigenvalue weighted by atomic mass is 19.1. The van der Waals surface area contributed by atoms with Gasteiger partial charge in [-0.25, -0.2) is 4.39 Å². The van der Waals surface area contributed by atoms with E-state index in [1.807, 2.05) is 19.1 Å². The van der Waals surface area contributed by atoms with Crippen molar-refractivity contribution >= 4 is 17.5 Å². The molecule has 2 rings (SSSR count). The van der Waals surface area contributed by atoms with E-state index in [1.165, 1.54) is 12.1 Å². The number of carbonyl (C=O) groups is 2. The van der Waals surface area contributed by atoms with Crippen LogP contribution in [0, 0.1) is 19.7 Å². The maximum absolute atomic E-state index is 13.2. The van der Waals surface area contributed by atoms with Crippen LogP contribution in [0.4, 0.5) is 10.1 Å². The molecular formula is C18H19FN2O2. The Morgan fingerprint density at radius 2 is 1.78 bits per heavy atom. The molecule has 2 aromatic carbocycles. The number of anilines is 1. The number of benzene rings is 2. The van der Waals surface area contributed by atoms with Gasteiger partial charge in [-0.2, -0.15) is 0 Å². The highest BCUT2D eigenvalue weighted by molar-refractivity contribution is 5.96. The Hall–Kier alpha value is -2.69. The van der Waals surface area contributed by atoms with Crippen LogP contribution in [0.25, 0.3) is 0 Å². The molecule has 0 aliphatic carbocycles. The summed E-state index contributed by atoms with van der Waals surface area (Å²) in [6, 6.07) is 11.5. The number of aryl methyl sites for hydroxylation is 2. The summed E-state index contributed by atoms with van der Waals surface area (Å²) in [6.07, 6.45) is 0.119. The van der Waals surface area contributed by atoms with E-state index < -0.39 is 5.82 Å². The van der Waals surface area contributed by atoms with Crippen molar-refractivity contribution in [2.24, 2.45) is 0 Å². The first-order valence-electron chi connectivity index (χ1n) is 7.37. The van der Waals surface area contributed by atoms with Gasteiger partial charge in [0.05, 0.1) is 0 Å². The number of hydrogen-bond acceptors (Lipinski definition) is 2. The van der Waals surface area contributed by atoms with Gasteiger partial charge in [-0.15, -0.1) is 0 Å². The minimum Gasteiger partial charge on any atom is -0.352 e. The lowest BCUT2D eigenvalue weighted by Gasteiger charge is -2.10. The van der Waals surface area contributed by atoms with Crippen LogP contribution in [-0.2, 0) is 4.79 Å². The summed E-state index contributed by atoms with van der Waals surface area (Å²) < 4.78 is 13.2. The second-order valence-electron chi connectivity index (χ2n) is 5.33. The topological polar surface area (TPSA) is 58.2 Å². The molecule has 0 aliphatic heterocycles. The van der Waals surface area contributed by atoms with Crippen molar-refractivity contribution in [2.75, 3.05) is 11.9 Å². The van der Waals surface area contributed by atoms with E-state index in [0.717, 1.165) is 11.1 Å². The van der Waals surface area contributed by atoms with Crippen LogP contribution in [0.3, 0.4) is 0 Å². The molecule has 2 amide bonds. The first kappa shape index (κ1) is 16.7. The maximum Gasteiger partial charge on any atom is 0.251 e. The maximum atomic E-state index is 13.2. The zero-order valence-corrected chi connectivity index (χ0v) is 13.2. The van der Waals surface area contributed by atoms with Crippen LogP contribution in [0.2, 0.25) is 0 Å². The van der Waals surface area contributed by atoms with Crippen molar-refractivity contribution in [1.82, 2.24) is 5.32 Å². The smallest absolute Gasteiger partial charge is 0.251 e. The number of carbonyl (C=O) groups excluding carboxylic acids is 2. The molecule has 2 N–H and O–H groups in total. The van der Waals surface area contributed by atoms with Gasteiger partial charge in [0.1, 0.15) is 5.82 Å². The van der Waals surface area contributed by atoms with E-state index >= 15 is 0 Å². The van der Waals surface area contributed by atoms with Gasteiger partial charge < -0.3 is 10.6 Å². The molecule has 0 atom stereocenters. The SMILES string of the molecule is Cc1ccc(F)cc1NC(=O)CCNC(=O)c1ccccc1C. The third kappa shape index (κ3) is 4.64. The highest BCUT2D eigenvalue weighted by Gasteiger charge is 2.09. The van der Waals surface area contributed by atoms with Crippen LogP contribution in [0.15, 0.2) is 42.5 Å². The summed E-state index contributed by atoms with van der Waals surface area (Å²) in [4.78, 5) is 23.9. The fraction of sp³-hybridized carbons (Fsp3) is 0.222. The van der Waals surface area contributed by atoms with Crippen molar-refractivity contribution < 1.29 is 14.0 Å². The molecule has 0 saturated carbocycles. The van der Waals surface area contributed by atoms with Crippen LogP contribution in [-0.4, -0.2) is 18.4 Å². The van der Waals surface area contributed by atoms with Gasteiger partial charge in [-0.1, -0.05) is 24.3 Å². The predicted molar refractivity (Wildman–Crippen MR) is 87.9 cm³/mol. The van der Waals surface area contributed by atoms with Crippen LogP contribution >= 0.6 is 0 Å². The van der Waals surface area contributed by atoms with Gasteiger partial charge in [-0.3, -0.25) is 9.59 Å². The van der Waals surface area contributed by atoms with E-state index in [-0.39, 0.29) is 24.8 Å². The lowest BCUT2D eigenvalue weighted by atomic mass is 10.1. The Morgan fingerprint density at radius 3 is 2.52 bits per heavy atom. The molecule has 0 saturated heterocycles. The first-order valence-corrected chi connectivity index (χ1v) is 7.37. The Kier molecular flexibility index (Phi) is 5.46. The van der Waals surface area contributed by atoms with E-state index in [9.17, 15) is 14.0 Å². The minimum absolute atomic E-state index is 0.119. The van der Waals surface area contributed by atoms with Crippen LogP contribution in [0.5, 0.6) is 0 Å². The number of nitrogens with one attached hydrogen (secondary N) is 2. The Bertz CT molecular complexity index is 729. The number of hydrogen-bond donors (Lipinski definition) is 2. The molecule has 0 fully saturated rings. The zero-order valence-electron chi connectivity index (χ0n) is 13.2. The summed E-state index contributed by atoms with van der Waals surface area (Å²) in [5.74, 6) is -0.889. The third-order valence-electron chi connectivity index (χ3n) is 3.50. The number of amides is 2. The van der Waals surface area contributed by atoms with Gasteiger partial charge in [0.25, 0.3) is 5.91 Å². The van der Waals surface area contributed by atoms with E-state index in [2.05, 4.69) is 10.6 Å². The lowest BCUT2D eigenvalue weighted by Crippen LogP contribution is -2.28. The van der Waals surface area contributed by atoms with E-state index in [1.54, 1.807) is 25.1 Å². The Balaban J connectivity index is 1.84. The predicted octanol–water partition coefficient (Wildman–Crippen LogP) is 3.20. The van der Waals surface area contributed by atoms with Crippen molar-refractivity contribution in [3.05, 3.63) is 65.0 Å². The second-order valence-corrected chi connectivity index (χ2v) is 5.33. The number of rotatable bonds is 5. The Morgan fingerprint density at radius 1 is 1.04 bits per heavy atom. The Labute approximate surface area is 134 Å². The fourth-order valence-corrected chi connectivity index (χ4v) is 2.15. The standard InChI is InChI=1S/C18H19FN2O2/c1-12-5-3-4-6-15(12)18(23)20-10-9-17(22)21-16-11-14(19)8-7-13(16)2/h3-8,11H,9-10H2,1-2H3,(H,20,23)(H,21,22). The third-order valence-corrected chi connectivity index (χ3v) is 3.50. The molecule has 0 aliphatic rings. The summed E-state index contributed by atoms with van der Waals surface area (Å²) in [5, 5.41) is 5.35. The molecular weight excluding hydrogens is 295 g/mol. The summed E-state index contributed by atoms with van der Waals surface area (Å²) in [5.41, 5.74) is 2.70. The molecule has 0 radical (unpaired) electrons. The van der Waals surface area contributed by atoms with Crippen LogP contribution in [0.1, 0.15) is 27.9 Å². The lowest BCUT2D eigenvalue weighted by molar-refractivity contribution is -0.116. The number of halogens is 1. The normalized spacial score (nSPS) is 10.2. The van der Waals surface area contributed by atoms with Gasteiger partial charge in [0.2, 0.25) is 5.91 Å². The zero-order chi connectivity index (χ0) is 16.8. The van der Waals surface area contributed by atoms with Crippen molar-refractivity contribution in [2.45, 2.75) is 20.3 Å². The molecule has 0 unspecified atom stereocenters. The second kappa shape index (κ2) is 7.54. The van der Waals surface area contributed by atoms with Crippen molar-refractivity contribution in [1.29, 1.82) is 0 Å². The first-order chi connectivity index (χ1) is 11.0. The van der Waals surface area contributed by atoms with Crippen molar-refractivity contribution in [3.8, 4) is 0 Å². The van der Waals surface area contributed by atoms with Gasteiger partial charge in [-0.05, 0) is 43.2 Å². The molecule has 0 aromatic heterocycles. The van der Waals surface area contributed by atoms with Crippen molar-refractivity contribution in [3.63, 3.8) is 0 Å².